The zero-order valence-electron chi connectivity index (χ0n) is 47.5. The van der Waals surface area contributed by atoms with Gasteiger partial charge in [-0.15, -0.1) is 0 Å². The van der Waals surface area contributed by atoms with Crippen LogP contribution in [0.2, 0.25) is 0 Å². The highest BCUT2D eigenvalue weighted by Crippen LogP contribution is 2.17. The Morgan fingerprint density at radius 3 is 1.19 bits per heavy atom. The zero-order chi connectivity index (χ0) is 52.7. The molecule has 0 amide bonds. The number of unbranched alkanes of at least 4 members (excludes halogenated alkanes) is 30. The smallest absolute Gasteiger partial charge is 0.306 e. The number of carboxylic acids is 1. The van der Waals surface area contributed by atoms with Crippen molar-refractivity contribution < 1.29 is 42.9 Å². The minimum atomic E-state index is -1.62. The molecule has 0 aromatic carbocycles. The molecule has 418 valence electrons. The minimum absolute atomic E-state index is 0.147. The average molecular weight is 1010 g/mol. The number of quaternary nitrogens is 1. The van der Waals surface area contributed by atoms with E-state index in [-0.39, 0.29) is 38.6 Å². The van der Waals surface area contributed by atoms with Crippen molar-refractivity contribution >= 4 is 17.9 Å². The van der Waals surface area contributed by atoms with Crippen LogP contribution in [0.4, 0.5) is 0 Å². The molecule has 0 aliphatic heterocycles. The van der Waals surface area contributed by atoms with Crippen LogP contribution in [0, 0.1) is 0 Å². The molecular weight excluding hydrogens is 899 g/mol. The Morgan fingerprint density at radius 1 is 0.431 bits per heavy atom. The molecule has 0 aromatic heterocycles. The predicted octanol–water partition coefficient (Wildman–Crippen LogP) is 16.3. The number of allylic oxidation sites excluding steroid dienone is 10. The predicted molar refractivity (Wildman–Crippen MR) is 302 cm³/mol. The number of esters is 2. The largest absolute Gasteiger partial charge is 0.545 e. The number of carboxylic acid groups (broad SMARTS) is 1. The summed E-state index contributed by atoms with van der Waals surface area (Å²) < 4.78 is 22.7. The summed E-state index contributed by atoms with van der Waals surface area (Å²) in [7, 11) is 5.92. The van der Waals surface area contributed by atoms with Gasteiger partial charge in [-0.25, -0.2) is 0 Å². The van der Waals surface area contributed by atoms with Gasteiger partial charge >= 0.3 is 11.9 Å². The van der Waals surface area contributed by atoms with Gasteiger partial charge in [0.1, 0.15) is 13.2 Å². The van der Waals surface area contributed by atoms with Crippen LogP contribution in [0.25, 0.3) is 0 Å². The summed E-state index contributed by atoms with van der Waals surface area (Å²) in [5, 5.41) is 11.7. The van der Waals surface area contributed by atoms with E-state index in [0.717, 1.165) is 77.0 Å². The van der Waals surface area contributed by atoms with Crippen LogP contribution >= 0.6 is 0 Å². The highest BCUT2D eigenvalue weighted by Gasteiger charge is 2.22. The summed E-state index contributed by atoms with van der Waals surface area (Å²) in [6.07, 6.45) is 65.8. The topological polar surface area (TPSA) is 111 Å². The molecule has 0 saturated heterocycles. The van der Waals surface area contributed by atoms with Crippen molar-refractivity contribution in [3.8, 4) is 0 Å². The number of rotatable bonds is 55. The number of hydrogen-bond acceptors (Lipinski definition) is 8. The zero-order valence-corrected chi connectivity index (χ0v) is 47.5. The van der Waals surface area contributed by atoms with E-state index in [2.05, 4.69) is 74.6 Å². The first kappa shape index (κ1) is 69.0. The van der Waals surface area contributed by atoms with Gasteiger partial charge in [0, 0.05) is 12.8 Å². The summed E-state index contributed by atoms with van der Waals surface area (Å²) in [6.45, 7) is 4.62. The van der Waals surface area contributed by atoms with Gasteiger partial charge in [-0.2, -0.15) is 0 Å². The highest BCUT2D eigenvalue weighted by molar-refractivity contribution is 5.70. The summed E-state index contributed by atoms with van der Waals surface area (Å²) in [5.41, 5.74) is 0. The second kappa shape index (κ2) is 54.3. The van der Waals surface area contributed by atoms with Crippen molar-refractivity contribution in [1.82, 2.24) is 0 Å². The second-order valence-corrected chi connectivity index (χ2v) is 21.3. The summed E-state index contributed by atoms with van der Waals surface area (Å²) in [4.78, 5) is 37.2. The molecule has 0 fully saturated rings. The van der Waals surface area contributed by atoms with Gasteiger partial charge in [-0.05, 0) is 77.0 Å². The number of carbonyl (C=O) groups excluding carboxylic acids is 3. The van der Waals surface area contributed by atoms with Crippen molar-refractivity contribution in [3.63, 3.8) is 0 Å². The molecule has 2 atom stereocenters. The van der Waals surface area contributed by atoms with Crippen molar-refractivity contribution in [3.05, 3.63) is 60.8 Å². The summed E-state index contributed by atoms with van der Waals surface area (Å²) in [5.74, 6) is -2.28. The monoisotopic (exact) mass is 1010 g/mol. The van der Waals surface area contributed by atoms with Crippen molar-refractivity contribution in [2.45, 2.75) is 277 Å². The first-order valence-corrected chi connectivity index (χ1v) is 29.9. The molecule has 0 heterocycles. The molecule has 0 bridgehead atoms. The molecule has 9 nitrogen and oxygen atoms in total. The molecule has 72 heavy (non-hydrogen) atoms. The van der Waals surface area contributed by atoms with Gasteiger partial charge < -0.3 is 33.3 Å². The van der Waals surface area contributed by atoms with E-state index in [0.29, 0.717) is 17.4 Å². The van der Waals surface area contributed by atoms with Crippen LogP contribution < -0.4 is 5.11 Å². The maximum absolute atomic E-state index is 12.8. The number of aliphatic carboxylic acids is 1. The molecule has 0 N–H and O–H groups in total. The van der Waals surface area contributed by atoms with Gasteiger partial charge in [0.05, 0.1) is 40.3 Å². The molecule has 0 aromatic rings. The SMILES string of the molecule is CC/C=C\C/C=C\C/C=C\C/C=C\CCCCCCCCCCCCCCCCCCCCCCCCC(=O)OC(COC(=O)CCCCCCC/C=C\CCCCC)COC(OCC[N+](C)(C)C)C(=O)[O-]. The van der Waals surface area contributed by atoms with E-state index in [4.69, 9.17) is 18.9 Å². The van der Waals surface area contributed by atoms with Gasteiger partial charge in [-0.3, -0.25) is 9.59 Å². The van der Waals surface area contributed by atoms with E-state index < -0.39 is 24.3 Å². The number of carbonyl (C=O) groups is 3. The third kappa shape index (κ3) is 54.8. The van der Waals surface area contributed by atoms with E-state index in [1.165, 1.54) is 154 Å². The third-order valence-corrected chi connectivity index (χ3v) is 13.0. The van der Waals surface area contributed by atoms with Crippen LogP contribution in [-0.2, 0) is 33.3 Å². The molecule has 0 rings (SSSR count). The number of likely N-dealkylation sites (N-methyl/N-ethyl adjacent to an activating group) is 1. The van der Waals surface area contributed by atoms with Crippen LogP contribution in [0.3, 0.4) is 0 Å². The Hall–Kier alpha value is -3.01. The standard InChI is InChI=1S/C63H113NO8/c1-6-8-10-12-14-16-18-20-21-22-23-24-25-26-27-28-29-30-31-32-33-34-35-36-37-38-39-40-41-42-44-46-48-50-52-54-61(66)72-59(58-71-63(62(67)68)69-56-55-64(3,4)5)57-70-60(65)53-51-49-47-45-43-19-17-15-13-11-9-7-2/h8,10,14-17,20-21,23-24,59,63H,6-7,9,11-13,18-19,22,25-58H2,1-5H3/b10-8-,16-14-,17-15-,21-20-,24-23-. The van der Waals surface area contributed by atoms with Crippen molar-refractivity contribution in [2.75, 3.05) is 47.5 Å². The average Bonchev–Trinajstić information content (AvgIpc) is 3.35. The Labute approximate surface area is 444 Å². The van der Waals surface area contributed by atoms with Crippen molar-refractivity contribution in [2.24, 2.45) is 0 Å². The van der Waals surface area contributed by atoms with Crippen molar-refractivity contribution in [1.29, 1.82) is 0 Å². The number of nitrogens with zero attached hydrogens (tertiary/aromatic N) is 1. The second-order valence-electron chi connectivity index (χ2n) is 21.3. The third-order valence-electron chi connectivity index (χ3n) is 13.0. The van der Waals surface area contributed by atoms with E-state index in [1.54, 1.807) is 0 Å². The normalized spacial score (nSPS) is 13.2. The molecule has 2 unspecified atom stereocenters. The molecule has 0 aliphatic rings. The Bertz CT molecular complexity index is 1360. The Balaban J connectivity index is 4.00. The fourth-order valence-corrected chi connectivity index (χ4v) is 8.41. The lowest BCUT2D eigenvalue weighted by Crippen LogP contribution is -2.44. The molecular formula is C63H113NO8. The first-order valence-electron chi connectivity index (χ1n) is 29.9. The quantitative estimate of drug-likeness (QED) is 0.0195. The Morgan fingerprint density at radius 2 is 0.792 bits per heavy atom. The van der Waals surface area contributed by atoms with Gasteiger partial charge in [0.25, 0.3) is 0 Å². The molecule has 0 spiro atoms. The fourth-order valence-electron chi connectivity index (χ4n) is 8.41. The molecule has 0 aliphatic carbocycles. The fraction of sp³-hybridized carbons (Fsp3) is 0.794. The summed E-state index contributed by atoms with van der Waals surface area (Å²) >= 11 is 0. The molecule has 0 saturated carbocycles. The van der Waals surface area contributed by atoms with Crippen LogP contribution in [-0.4, -0.2) is 82.3 Å². The maximum Gasteiger partial charge on any atom is 0.306 e. The number of ether oxygens (including phenoxy) is 4. The lowest BCUT2D eigenvalue weighted by Gasteiger charge is -2.26. The Kier molecular flexibility index (Phi) is 52.0. The van der Waals surface area contributed by atoms with E-state index in [9.17, 15) is 19.5 Å². The summed E-state index contributed by atoms with van der Waals surface area (Å²) in [6, 6.07) is 0. The maximum atomic E-state index is 12.8. The van der Waals surface area contributed by atoms with E-state index in [1.807, 2.05) is 21.1 Å². The lowest BCUT2D eigenvalue weighted by atomic mass is 10.0. The van der Waals surface area contributed by atoms with E-state index >= 15 is 0 Å². The van der Waals surface area contributed by atoms with Crippen LogP contribution in [0.5, 0.6) is 0 Å². The highest BCUT2D eigenvalue weighted by atomic mass is 16.7. The molecule has 9 heteroatoms. The minimum Gasteiger partial charge on any atom is -0.545 e. The van der Waals surface area contributed by atoms with Gasteiger partial charge in [-0.1, -0.05) is 235 Å². The van der Waals surface area contributed by atoms with Gasteiger partial charge in [0.15, 0.2) is 12.4 Å². The molecule has 0 radical (unpaired) electrons. The van der Waals surface area contributed by atoms with Gasteiger partial charge in [0.2, 0.25) is 0 Å². The lowest BCUT2D eigenvalue weighted by molar-refractivity contribution is -0.870. The van der Waals surface area contributed by atoms with Crippen LogP contribution in [0.1, 0.15) is 264 Å². The number of hydrogen-bond donors (Lipinski definition) is 0. The first-order chi connectivity index (χ1) is 35.1. The van der Waals surface area contributed by atoms with Crippen LogP contribution in [0.15, 0.2) is 60.8 Å².